The molecule has 1 N–H and O–H groups in total. The number of fused-ring (bicyclic) bond motifs is 3. The Kier molecular flexibility index (Phi) is 4.35. The normalized spacial score (nSPS) is 34.1. The molecule has 3 heterocycles. The molecule has 0 spiro atoms. The van der Waals surface area contributed by atoms with Crippen molar-refractivity contribution in [2.45, 2.75) is 25.2 Å². The minimum atomic E-state index is -1.35. The summed E-state index contributed by atoms with van der Waals surface area (Å²) >= 11 is 1.39. The summed E-state index contributed by atoms with van der Waals surface area (Å²) in [6.07, 6.45) is -1.23. The summed E-state index contributed by atoms with van der Waals surface area (Å²) in [5.41, 5.74) is -0.0726. The molecule has 3 aliphatic rings. The fourth-order valence-electron chi connectivity index (χ4n) is 2.87. The van der Waals surface area contributed by atoms with E-state index < -0.39 is 30.1 Å². The molecule has 0 bridgehead atoms. The second-order valence-electron chi connectivity index (χ2n) is 4.61. The predicted octanol–water partition coefficient (Wildman–Crippen LogP) is -4.69. The van der Waals surface area contributed by atoms with Gasteiger partial charge in [0.25, 0.3) is 0 Å². The maximum absolute atomic E-state index is 11.9. The van der Waals surface area contributed by atoms with E-state index >= 15 is 0 Å². The van der Waals surface area contributed by atoms with Gasteiger partial charge in [-0.15, -0.1) is 11.8 Å². The molecule has 0 saturated carbocycles. The Labute approximate surface area is 136 Å². The first-order valence-corrected chi connectivity index (χ1v) is 6.73. The quantitative estimate of drug-likeness (QED) is 0.406. The molecule has 0 aliphatic carbocycles. The third kappa shape index (κ3) is 2.07. The second-order valence-corrected chi connectivity index (χ2v) is 5.74. The number of rotatable bonds is 2. The van der Waals surface area contributed by atoms with E-state index in [0.717, 1.165) is 0 Å². The molecular formula is C11H12NNaO5S. The van der Waals surface area contributed by atoms with Crippen LogP contribution in [0, 0.1) is 5.92 Å². The van der Waals surface area contributed by atoms with Crippen LogP contribution in [0.4, 0.5) is 0 Å². The van der Waals surface area contributed by atoms with Crippen LogP contribution in [0.2, 0.25) is 0 Å². The van der Waals surface area contributed by atoms with Gasteiger partial charge in [0.1, 0.15) is 6.10 Å². The van der Waals surface area contributed by atoms with Gasteiger partial charge in [-0.25, -0.2) is 0 Å². The summed E-state index contributed by atoms with van der Waals surface area (Å²) in [4.78, 5) is 24.9. The van der Waals surface area contributed by atoms with E-state index in [1.165, 1.54) is 23.6 Å². The Bertz CT molecular complexity index is 466. The maximum Gasteiger partial charge on any atom is 1.00 e. The molecule has 0 aromatic heterocycles. The number of hydrogen-bond donors (Lipinski definition) is 1. The van der Waals surface area contributed by atoms with Gasteiger partial charge in [0, 0.05) is 10.7 Å². The summed E-state index contributed by atoms with van der Waals surface area (Å²) in [6, 6.07) is -0.395. The molecule has 0 aromatic carbocycles. The van der Waals surface area contributed by atoms with Gasteiger partial charge in [-0.2, -0.15) is 0 Å². The summed E-state index contributed by atoms with van der Waals surface area (Å²) in [5.74, 6) is -1.63. The number of thioether (sulfide) groups is 1. The van der Waals surface area contributed by atoms with Gasteiger partial charge in [0.2, 0.25) is 5.91 Å². The van der Waals surface area contributed by atoms with Crippen LogP contribution in [0.3, 0.4) is 0 Å². The van der Waals surface area contributed by atoms with Crippen molar-refractivity contribution in [2.75, 3.05) is 12.4 Å². The van der Waals surface area contributed by atoms with Crippen LogP contribution in [0.15, 0.2) is 10.6 Å². The Morgan fingerprint density at radius 2 is 2.32 bits per heavy atom. The van der Waals surface area contributed by atoms with E-state index in [1.54, 1.807) is 0 Å². The monoisotopic (exact) mass is 293 g/mol. The molecule has 6 nitrogen and oxygen atoms in total. The van der Waals surface area contributed by atoms with Crippen LogP contribution in [0.1, 0.15) is 6.92 Å². The number of carboxylic acids is 1. The molecule has 8 heteroatoms. The Balaban J connectivity index is 0.00000133. The van der Waals surface area contributed by atoms with Crippen molar-refractivity contribution in [3.05, 3.63) is 10.6 Å². The molecule has 1 amide bonds. The molecule has 98 valence electrons. The van der Waals surface area contributed by atoms with Crippen LogP contribution in [-0.4, -0.2) is 52.5 Å². The average molecular weight is 293 g/mol. The van der Waals surface area contributed by atoms with Crippen LogP contribution in [0.25, 0.3) is 0 Å². The third-order valence-electron chi connectivity index (χ3n) is 3.58. The predicted molar refractivity (Wildman–Crippen MR) is 60.0 cm³/mol. The first-order valence-electron chi connectivity index (χ1n) is 5.75. The number of carboxylic acid groups (broad SMARTS) is 1. The van der Waals surface area contributed by atoms with E-state index in [4.69, 9.17) is 4.74 Å². The van der Waals surface area contributed by atoms with E-state index in [1.807, 2.05) is 0 Å². The van der Waals surface area contributed by atoms with E-state index in [9.17, 15) is 19.8 Å². The smallest absolute Gasteiger partial charge is 0.543 e. The molecule has 19 heavy (non-hydrogen) atoms. The number of β-lactam (4-membered cyclic amide) rings is 1. The van der Waals surface area contributed by atoms with Gasteiger partial charge < -0.3 is 24.6 Å². The number of carbonyl (C=O) groups excluding carboxylic acids is 2. The average Bonchev–Trinajstić information content (AvgIpc) is 2.60. The summed E-state index contributed by atoms with van der Waals surface area (Å²) < 4.78 is 5.57. The number of ether oxygens (including phenoxy) is 1. The van der Waals surface area contributed by atoms with Crippen molar-refractivity contribution in [3.8, 4) is 0 Å². The Morgan fingerprint density at radius 3 is 2.89 bits per heavy atom. The fraction of sp³-hybridized carbons (Fsp3) is 0.636. The van der Waals surface area contributed by atoms with E-state index in [2.05, 4.69) is 0 Å². The van der Waals surface area contributed by atoms with Crippen molar-refractivity contribution in [1.29, 1.82) is 0 Å². The summed E-state index contributed by atoms with van der Waals surface area (Å²) in [5, 5.41) is 20.8. The van der Waals surface area contributed by atoms with Gasteiger partial charge in [-0.3, -0.25) is 4.79 Å². The van der Waals surface area contributed by atoms with Crippen LogP contribution in [0.5, 0.6) is 0 Å². The molecule has 3 aliphatic heterocycles. The summed E-state index contributed by atoms with van der Waals surface area (Å²) in [7, 11) is 0. The third-order valence-corrected chi connectivity index (χ3v) is 4.69. The zero-order valence-corrected chi connectivity index (χ0v) is 13.5. The van der Waals surface area contributed by atoms with Crippen molar-refractivity contribution in [3.63, 3.8) is 0 Å². The molecule has 3 rings (SSSR count). The SMILES string of the molecule is C[C@@H](O)[C@H]1C(=O)N2C(C(=O)[O-])=C3SCCO[C@H]3[C@H]12.[Na+]. The topological polar surface area (TPSA) is 89.9 Å². The molecular weight excluding hydrogens is 281 g/mol. The standard InChI is InChI=1S/C11H13NO5S.Na/c1-4(13)5-6-8-9(18-3-2-17-8)7(11(15)16)12(6)10(5)14;/h4-6,8,13H,2-3H2,1H3,(H,15,16);/q;+1/p-1/t4-,5-,6+,8+;/m1./s1. The number of aliphatic hydroxyl groups excluding tert-OH is 1. The first-order chi connectivity index (χ1) is 8.54. The number of hydrogen-bond acceptors (Lipinski definition) is 6. The number of aliphatic hydroxyl groups is 1. The minimum absolute atomic E-state index is 0. The van der Waals surface area contributed by atoms with Crippen molar-refractivity contribution < 1.29 is 54.1 Å². The van der Waals surface area contributed by atoms with Crippen molar-refractivity contribution in [1.82, 2.24) is 4.90 Å². The largest absolute Gasteiger partial charge is 1.00 e. The van der Waals surface area contributed by atoms with Crippen LogP contribution < -0.4 is 34.7 Å². The number of nitrogens with zero attached hydrogens (tertiary/aromatic N) is 1. The van der Waals surface area contributed by atoms with Gasteiger partial charge in [-0.05, 0) is 6.92 Å². The maximum atomic E-state index is 11.9. The van der Waals surface area contributed by atoms with E-state index in [0.29, 0.717) is 17.3 Å². The molecule has 0 radical (unpaired) electrons. The molecule has 0 aromatic rings. The van der Waals surface area contributed by atoms with Crippen molar-refractivity contribution in [2.24, 2.45) is 5.92 Å². The molecule has 0 unspecified atom stereocenters. The zero-order valence-electron chi connectivity index (χ0n) is 10.7. The van der Waals surface area contributed by atoms with Crippen LogP contribution in [-0.2, 0) is 14.3 Å². The Hall–Kier alpha value is -0.0500. The van der Waals surface area contributed by atoms with Gasteiger partial charge >= 0.3 is 29.6 Å². The molecule has 2 saturated heterocycles. The number of carbonyl (C=O) groups is 2. The fourth-order valence-corrected chi connectivity index (χ4v) is 3.96. The minimum Gasteiger partial charge on any atom is -0.543 e. The molecule has 4 atom stereocenters. The second kappa shape index (κ2) is 5.38. The Morgan fingerprint density at radius 1 is 1.63 bits per heavy atom. The summed E-state index contributed by atoms with van der Waals surface area (Å²) in [6.45, 7) is 2.05. The number of amides is 1. The van der Waals surface area contributed by atoms with Gasteiger partial charge in [0.15, 0.2) is 0 Å². The first kappa shape index (κ1) is 15.3. The van der Waals surface area contributed by atoms with E-state index in [-0.39, 0.29) is 41.2 Å². The van der Waals surface area contributed by atoms with Gasteiger partial charge in [0.05, 0.1) is 36.3 Å². The van der Waals surface area contributed by atoms with Crippen molar-refractivity contribution >= 4 is 23.6 Å². The van der Waals surface area contributed by atoms with Gasteiger partial charge in [-0.1, -0.05) is 0 Å². The molecule has 2 fully saturated rings. The zero-order chi connectivity index (χ0) is 13.0. The van der Waals surface area contributed by atoms with Crippen LogP contribution >= 0.6 is 11.8 Å². The number of aliphatic carboxylic acids is 1.